The number of rotatable bonds is 2. The van der Waals surface area contributed by atoms with Crippen molar-refractivity contribution in [2.75, 3.05) is 0 Å². The largest absolute Gasteiger partial charge is 0.573 e. The summed E-state index contributed by atoms with van der Waals surface area (Å²) in [5, 5.41) is 0. The molecule has 0 aliphatic rings. The van der Waals surface area contributed by atoms with Crippen molar-refractivity contribution < 1.29 is 22.7 Å². The van der Waals surface area contributed by atoms with Gasteiger partial charge in [-0.3, -0.25) is 10.5 Å². The van der Waals surface area contributed by atoms with Crippen molar-refractivity contribution in [3.05, 3.63) is 29.8 Å². The predicted octanol–water partition coefficient (Wildman–Crippen LogP) is 2.01. The lowest BCUT2D eigenvalue weighted by Gasteiger charge is -2.08. The summed E-state index contributed by atoms with van der Waals surface area (Å²) in [4.78, 5) is 10.4. The van der Waals surface area contributed by atoms with Crippen molar-refractivity contribution in [3.63, 3.8) is 0 Å². The van der Waals surface area contributed by atoms with Crippen LogP contribution in [0.1, 0.15) is 10.4 Å². The molecule has 0 fully saturated rings. The van der Waals surface area contributed by atoms with Gasteiger partial charge in [0.25, 0.3) is 5.91 Å². The summed E-state index contributed by atoms with van der Waals surface area (Å²) in [6.45, 7) is 0. The van der Waals surface area contributed by atoms with Gasteiger partial charge in [-0.1, -0.05) is 0 Å². The standard InChI is InChI=1S/C8H5F3NO2/c9-8(10,11)14-6-3-1-5(2-4-6)7(12)13/h1-4,12H. The molecule has 0 aliphatic heterocycles. The van der Waals surface area contributed by atoms with Gasteiger partial charge in [0, 0.05) is 5.56 Å². The highest BCUT2D eigenvalue weighted by Crippen LogP contribution is 2.22. The first-order valence-corrected chi connectivity index (χ1v) is 3.50. The fourth-order valence-corrected chi connectivity index (χ4v) is 0.808. The summed E-state index contributed by atoms with van der Waals surface area (Å²) in [5.74, 6) is -1.37. The smallest absolute Gasteiger partial charge is 0.406 e. The first-order valence-electron chi connectivity index (χ1n) is 3.50. The van der Waals surface area contributed by atoms with Crippen molar-refractivity contribution in [1.29, 1.82) is 0 Å². The molecule has 75 valence electrons. The number of alkyl halides is 3. The lowest BCUT2D eigenvalue weighted by atomic mass is 10.2. The SMILES string of the molecule is [NH]C(=O)c1ccc(OC(F)(F)F)cc1. The van der Waals surface area contributed by atoms with Crippen molar-refractivity contribution in [1.82, 2.24) is 5.73 Å². The highest BCUT2D eigenvalue weighted by atomic mass is 19.4. The summed E-state index contributed by atoms with van der Waals surface area (Å²) in [6.07, 6.45) is -4.74. The molecular formula is C8H5F3NO2. The molecule has 1 rings (SSSR count). The molecule has 0 atom stereocenters. The van der Waals surface area contributed by atoms with E-state index in [4.69, 9.17) is 5.73 Å². The van der Waals surface area contributed by atoms with Crippen molar-refractivity contribution in [2.24, 2.45) is 0 Å². The molecular weight excluding hydrogens is 199 g/mol. The summed E-state index contributed by atoms with van der Waals surface area (Å²) >= 11 is 0. The minimum absolute atomic E-state index is 0.0134. The van der Waals surface area contributed by atoms with Gasteiger partial charge in [-0.15, -0.1) is 13.2 Å². The van der Waals surface area contributed by atoms with E-state index in [1.165, 1.54) is 0 Å². The molecule has 0 saturated heterocycles. The maximum atomic E-state index is 11.7. The third-order valence-corrected chi connectivity index (χ3v) is 1.35. The van der Waals surface area contributed by atoms with Crippen molar-refractivity contribution in [3.8, 4) is 5.75 Å². The lowest BCUT2D eigenvalue weighted by molar-refractivity contribution is -0.274. The summed E-state index contributed by atoms with van der Waals surface area (Å²) in [5.41, 5.74) is 6.68. The molecule has 0 saturated carbocycles. The topological polar surface area (TPSA) is 50.1 Å². The zero-order valence-corrected chi connectivity index (χ0v) is 6.76. The van der Waals surface area contributed by atoms with Crippen LogP contribution in [0, 0.1) is 0 Å². The Hall–Kier alpha value is -1.72. The third kappa shape index (κ3) is 2.96. The van der Waals surface area contributed by atoms with Crippen molar-refractivity contribution in [2.45, 2.75) is 6.36 Å². The van der Waals surface area contributed by atoms with Gasteiger partial charge in [-0.25, -0.2) is 0 Å². The Bertz CT molecular complexity index is 331. The van der Waals surface area contributed by atoms with Crippen LogP contribution >= 0.6 is 0 Å². The van der Waals surface area contributed by atoms with Crippen LogP contribution in [0.2, 0.25) is 0 Å². The van der Waals surface area contributed by atoms with Gasteiger partial charge in [0.2, 0.25) is 0 Å². The van der Waals surface area contributed by atoms with Gasteiger partial charge < -0.3 is 4.74 Å². The second-order valence-electron chi connectivity index (χ2n) is 2.40. The maximum Gasteiger partial charge on any atom is 0.573 e. The molecule has 1 aromatic rings. The second-order valence-corrected chi connectivity index (χ2v) is 2.40. The first-order chi connectivity index (χ1) is 6.38. The molecule has 0 spiro atoms. The average Bonchev–Trinajstić information content (AvgIpc) is 2.02. The average molecular weight is 204 g/mol. The molecule has 1 aromatic carbocycles. The quantitative estimate of drug-likeness (QED) is 0.739. The van der Waals surface area contributed by atoms with E-state index < -0.39 is 18.0 Å². The number of ether oxygens (including phenoxy) is 1. The molecule has 0 aromatic heterocycles. The fraction of sp³-hybridized carbons (Fsp3) is 0.125. The van der Waals surface area contributed by atoms with E-state index >= 15 is 0 Å². The number of hydrogen-bond donors (Lipinski definition) is 0. The maximum absolute atomic E-state index is 11.7. The van der Waals surface area contributed by atoms with Crippen LogP contribution in [0.25, 0.3) is 0 Å². The number of carbonyl (C=O) groups excluding carboxylic acids is 1. The van der Waals surface area contributed by atoms with E-state index in [-0.39, 0.29) is 5.56 Å². The molecule has 14 heavy (non-hydrogen) atoms. The fourth-order valence-electron chi connectivity index (χ4n) is 0.808. The van der Waals surface area contributed by atoms with Gasteiger partial charge in [0.15, 0.2) is 0 Å². The monoisotopic (exact) mass is 204 g/mol. The molecule has 1 N–H and O–H groups in total. The van der Waals surface area contributed by atoms with Crippen molar-refractivity contribution >= 4 is 5.91 Å². The summed E-state index contributed by atoms with van der Waals surface area (Å²) < 4.78 is 38.6. The van der Waals surface area contributed by atoms with Crippen LogP contribution < -0.4 is 10.5 Å². The molecule has 0 heterocycles. The van der Waals surface area contributed by atoms with Crippen LogP contribution in [0.4, 0.5) is 13.2 Å². The van der Waals surface area contributed by atoms with Crippen LogP contribution in [-0.4, -0.2) is 12.3 Å². The molecule has 0 aliphatic carbocycles. The van der Waals surface area contributed by atoms with Crippen LogP contribution in [-0.2, 0) is 0 Å². The van der Waals surface area contributed by atoms with Crippen LogP contribution in [0.15, 0.2) is 24.3 Å². The number of amides is 1. The van der Waals surface area contributed by atoms with Crippen LogP contribution in [0.3, 0.4) is 0 Å². The van der Waals surface area contributed by atoms with Gasteiger partial charge >= 0.3 is 6.36 Å². The Labute approximate surface area is 77.3 Å². The minimum atomic E-state index is -4.74. The molecule has 1 amide bonds. The number of carbonyl (C=O) groups is 1. The molecule has 0 bridgehead atoms. The normalized spacial score (nSPS) is 11.1. The lowest BCUT2D eigenvalue weighted by Crippen LogP contribution is -2.17. The predicted molar refractivity (Wildman–Crippen MR) is 40.6 cm³/mol. The number of benzene rings is 1. The molecule has 3 nitrogen and oxygen atoms in total. The van der Waals surface area contributed by atoms with Gasteiger partial charge in [0.1, 0.15) is 5.75 Å². The third-order valence-electron chi connectivity index (χ3n) is 1.35. The zero-order chi connectivity index (χ0) is 10.8. The Morgan fingerprint density at radius 1 is 1.21 bits per heavy atom. The number of halogens is 3. The van der Waals surface area contributed by atoms with E-state index in [1.807, 2.05) is 0 Å². The summed E-state index contributed by atoms with van der Waals surface area (Å²) in [6, 6.07) is 4.15. The number of nitrogens with one attached hydrogen (secondary N) is 1. The van der Waals surface area contributed by atoms with E-state index in [0.29, 0.717) is 0 Å². The van der Waals surface area contributed by atoms with Gasteiger partial charge in [0.05, 0.1) is 0 Å². The Morgan fingerprint density at radius 3 is 2.07 bits per heavy atom. The van der Waals surface area contributed by atoms with E-state index in [1.54, 1.807) is 0 Å². The molecule has 1 radical (unpaired) electrons. The highest BCUT2D eigenvalue weighted by Gasteiger charge is 2.30. The number of hydrogen-bond acceptors (Lipinski definition) is 2. The Kier molecular flexibility index (Phi) is 2.64. The zero-order valence-electron chi connectivity index (χ0n) is 6.76. The highest BCUT2D eigenvalue weighted by molar-refractivity contribution is 5.92. The summed E-state index contributed by atoms with van der Waals surface area (Å²) in [7, 11) is 0. The molecule has 6 heteroatoms. The van der Waals surface area contributed by atoms with Gasteiger partial charge in [-0.05, 0) is 24.3 Å². The van der Waals surface area contributed by atoms with E-state index in [0.717, 1.165) is 24.3 Å². The Balaban J connectivity index is 2.79. The van der Waals surface area contributed by atoms with Gasteiger partial charge in [-0.2, -0.15) is 0 Å². The van der Waals surface area contributed by atoms with E-state index in [2.05, 4.69) is 4.74 Å². The second kappa shape index (κ2) is 3.57. The van der Waals surface area contributed by atoms with E-state index in [9.17, 15) is 18.0 Å². The minimum Gasteiger partial charge on any atom is -0.406 e. The first kappa shape index (κ1) is 10.4. The molecule has 0 unspecified atom stereocenters. The Morgan fingerprint density at radius 2 is 1.71 bits per heavy atom. The van der Waals surface area contributed by atoms with Crippen LogP contribution in [0.5, 0.6) is 5.75 Å².